The molecule has 1 saturated heterocycles. The summed E-state index contributed by atoms with van der Waals surface area (Å²) < 4.78 is 12.1. The van der Waals surface area contributed by atoms with Crippen molar-refractivity contribution in [3.05, 3.63) is 57.0 Å². The predicted molar refractivity (Wildman–Crippen MR) is 119 cm³/mol. The predicted octanol–water partition coefficient (Wildman–Crippen LogP) is 5.71. The van der Waals surface area contributed by atoms with E-state index in [1.165, 1.54) is 4.90 Å². The van der Waals surface area contributed by atoms with Crippen molar-refractivity contribution in [1.29, 1.82) is 0 Å². The smallest absolute Gasteiger partial charge is 0.289 e. The Morgan fingerprint density at radius 2 is 1.76 bits per heavy atom. The van der Waals surface area contributed by atoms with Crippen LogP contribution in [0, 0.1) is 0 Å². The number of hydrogen-bond donors (Lipinski definition) is 0. The van der Waals surface area contributed by atoms with Gasteiger partial charge in [-0.05, 0) is 71.6 Å². The maximum atomic E-state index is 12.8. The van der Waals surface area contributed by atoms with Crippen molar-refractivity contribution in [1.82, 2.24) is 4.90 Å². The molecule has 0 aromatic heterocycles. The summed E-state index contributed by atoms with van der Waals surface area (Å²) in [6.45, 7) is 5.07. The van der Waals surface area contributed by atoms with E-state index in [0.717, 1.165) is 27.4 Å². The normalized spacial score (nSPS) is 16.4. The van der Waals surface area contributed by atoms with E-state index in [2.05, 4.69) is 15.9 Å². The number of rotatable bonds is 8. The van der Waals surface area contributed by atoms with Crippen molar-refractivity contribution in [3.8, 4) is 11.5 Å². The van der Waals surface area contributed by atoms with Gasteiger partial charge in [0.1, 0.15) is 0 Å². The molecular formula is C21H21BrClNO4S. The van der Waals surface area contributed by atoms with Gasteiger partial charge < -0.3 is 9.47 Å². The maximum Gasteiger partial charge on any atom is 0.289 e. The SMILES string of the molecule is CCOc1cc(C[C@H]2SC(=O)N(Cc3ccc(Cl)cc3)C2=O)cc(Br)c1OCC. The molecule has 1 atom stereocenters. The van der Waals surface area contributed by atoms with Gasteiger partial charge in [0.2, 0.25) is 5.91 Å². The molecule has 1 aliphatic heterocycles. The van der Waals surface area contributed by atoms with Crippen molar-refractivity contribution >= 4 is 50.4 Å². The van der Waals surface area contributed by atoms with E-state index in [0.29, 0.717) is 36.2 Å². The minimum Gasteiger partial charge on any atom is -0.490 e. The molecule has 154 valence electrons. The second-order valence-corrected chi connectivity index (χ2v) is 8.84. The molecule has 1 heterocycles. The third-order valence-electron chi connectivity index (χ3n) is 4.34. The molecule has 3 rings (SSSR count). The molecule has 2 amide bonds. The fourth-order valence-electron chi connectivity index (χ4n) is 3.04. The Morgan fingerprint density at radius 1 is 1.07 bits per heavy atom. The lowest BCUT2D eigenvalue weighted by Crippen LogP contribution is -2.31. The molecule has 0 aliphatic carbocycles. The third-order valence-corrected chi connectivity index (χ3v) is 6.25. The molecule has 0 bridgehead atoms. The van der Waals surface area contributed by atoms with Crippen LogP contribution in [0.15, 0.2) is 40.9 Å². The van der Waals surface area contributed by atoms with E-state index in [1.807, 2.05) is 38.1 Å². The van der Waals surface area contributed by atoms with Crippen LogP contribution in [0.1, 0.15) is 25.0 Å². The molecule has 2 aromatic carbocycles. The van der Waals surface area contributed by atoms with Crippen LogP contribution >= 0.6 is 39.3 Å². The van der Waals surface area contributed by atoms with Gasteiger partial charge in [-0.3, -0.25) is 14.5 Å². The number of thioether (sulfide) groups is 1. The molecular weight excluding hydrogens is 478 g/mol. The largest absolute Gasteiger partial charge is 0.490 e. The van der Waals surface area contributed by atoms with Crippen LogP contribution in [0.3, 0.4) is 0 Å². The van der Waals surface area contributed by atoms with E-state index >= 15 is 0 Å². The number of nitrogens with zero attached hydrogens (tertiary/aromatic N) is 1. The minimum atomic E-state index is -0.464. The van der Waals surface area contributed by atoms with Gasteiger partial charge in [0.25, 0.3) is 5.24 Å². The number of amides is 2. The number of benzene rings is 2. The van der Waals surface area contributed by atoms with Crippen molar-refractivity contribution in [2.45, 2.75) is 32.1 Å². The summed E-state index contributed by atoms with van der Waals surface area (Å²) in [6, 6.07) is 10.9. The first-order valence-electron chi connectivity index (χ1n) is 9.27. The number of ether oxygens (including phenoxy) is 2. The molecule has 2 aromatic rings. The van der Waals surface area contributed by atoms with Gasteiger partial charge in [0, 0.05) is 5.02 Å². The quantitative estimate of drug-likeness (QED) is 0.467. The molecule has 0 spiro atoms. The summed E-state index contributed by atoms with van der Waals surface area (Å²) in [5, 5.41) is -0.0784. The highest BCUT2D eigenvalue weighted by atomic mass is 79.9. The van der Waals surface area contributed by atoms with Crippen LogP contribution in [0.25, 0.3) is 0 Å². The van der Waals surface area contributed by atoms with Gasteiger partial charge in [-0.1, -0.05) is 35.5 Å². The summed E-state index contributed by atoms with van der Waals surface area (Å²) in [4.78, 5) is 26.6. The molecule has 0 unspecified atom stereocenters. The van der Waals surface area contributed by atoms with Crippen molar-refractivity contribution in [3.63, 3.8) is 0 Å². The van der Waals surface area contributed by atoms with Crippen LogP contribution in [0.2, 0.25) is 5.02 Å². The van der Waals surface area contributed by atoms with Gasteiger partial charge in [-0.15, -0.1) is 0 Å². The lowest BCUT2D eigenvalue weighted by atomic mass is 10.1. The fraction of sp³-hybridized carbons (Fsp3) is 0.333. The third kappa shape index (κ3) is 5.27. The van der Waals surface area contributed by atoms with Crippen molar-refractivity contribution in [2.24, 2.45) is 0 Å². The maximum absolute atomic E-state index is 12.8. The van der Waals surface area contributed by atoms with Crippen molar-refractivity contribution < 1.29 is 19.1 Å². The van der Waals surface area contributed by atoms with E-state index in [4.69, 9.17) is 21.1 Å². The highest BCUT2D eigenvalue weighted by Crippen LogP contribution is 2.39. The van der Waals surface area contributed by atoms with Gasteiger partial charge in [-0.2, -0.15) is 0 Å². The Hall–Kier alpha value is -1.70. The van der Waals surface area contributed by atoms with Gasteiger partial charge in [0.05, 0.1) is 29.5 Å². The van der Waals surface area contributed by atoms with E-state index in [1.54, 1.807) is 12.1 Å². The van der Waals surface area contributed by atoms with Gasteiger partial charge in [0.15, 0.2) is 11.5 Å². The Balaban J connectivity index is 1.75. The summed E-state index contributed by atoms with van der Waals surface area (Å²) in [5.74, 6) is 1.08. The standard InChI is InChI=1S/C21H21BrClNO4S/c1-3-27-17-10-14(9-16(22)19(17)28-4-2)11-18-20(25)24(21(26)29-18)12-13-5-7-15(23)8-6-13/h5-10,18H,3-4,11-12H2,1-2H3/t18-/m1/s1. The molecule has 0 radical (unpaired) electrons. The number of imide groups is 1. The average Bonchev–Trinajstić information content (AvgIpc) is 2.94. The lowest BCUT2D eigenvalue weighted by Gasteiger charge is -2.16. The molecule has 1 fully saturated rings. The van der Waals surface area contributed by atoms with Gasteiger partial charge >= 0.3 is 0 Å². The van der Waals surface area contributed by atoms with Crippen LogP contribution in [0.5, 0.6) is 11.5 Å². The highest BCUT2D eigenvalue weighted by Gasteiger charge is 2.39. The zero-order valence-corrected chi connectivity index (χ0v) is 19.3. The molecule has 5 nitrogen and oxygen atoms in total. The molecule has 8 heteroatoms. The Labute approximate surface area is 187 Å². The molecule has 29 heavy (non-hydrogen) atoms. The number of carbonyl (C=O) groups excluding carboxylic acids is 2. The molecule has 0 saturated carbocycles. The van der Waals surface area contributed by atoms with E-state index < -0.39 is 5.25 Å². The lowest BCUT2D eigenvalue weighted by molar-refractivity contribution is -0.127. The monoisotopic (exact) mass is 497 g/mol. The molecule has 1 aliphatic rings. The summed E-state index contributed by atoms with van der Waals surface area (Å²) in [5.41, 5.74) is 1.76. The number of carbonyl (C=O) groups is 2. The first kappa shape index (κ1) is 22.0. The Morgan fingerprint density at radius 3 is 2.41 bits per heavy atom. The van der Waals surface area contributed by atoms with Gasteiger partial charge in [-0.25, -0.2) is 0 Å². The zero-order chi connectivity index (χ0) is 21.0. The van der Waals surface area contributed by atoms with E-state index in [-0.39, 0.29) is 17.7 Å². The van der Waals surface area contributed by atoms with Crippen LogP contribution in [-0.2, 0) is 17.8 Å². The Bertz CT molecular complexity index is 906. The van der Waals surface area contributed by atoms with E-state index in [9.17, 15) is 9.59 Å². The number of hydrogen-bond acceptors (Lipinski definition) is 5. The second-order valence-electron chi connectivity index (χ2n) is 6.40. The topological polar surface area (TPSA) is 55.8 Å². The van der Waals surface area contributed by atoms with Crippen molar-refractivity contribution in [2.75, 3.05) is 13.2 Å². The summed E-state index contributed by atoms with van der Waals surface area (Å²) in [6.07, 6.45) is 0.428. The fourth-order valence-corrected chi connectivity index (χ4v) is 4.80. The minimum absolute atomic E-state index is 0.182. The summed E-state index contributed by atoms with van der Waals surface area (Å²) in [7, 11) is 0. The summed E-state index contributed by atoms with van der Waals surface area (Å²) >= 11 is 10.5. The zero-order valence-electron chi connectivity index (χ0n) is 16.1. The van der Waals surface area contributed by atoms with Crippen LogP contribution in [-0.4, -0.2) is 34.5 Å². The Kier molecular flexibility index (Phi) is 7.49. The number of halogens is 2. The van der Waals surface area contributed by atoms with Crippen LogP contribution < -0.4 is 9.47 Å². The average molecular weight is 499 g/mol. The second kappa shape index (κ2) is 9.87. The first-order valence-corrected chi connectivity index (χ1v) is 11.3. The van der Waals surface area contributed by atoms with Crippen LogP contribution in [0.4, 0.5) is 4.79 Å². The highest BCUT2D eigenvalue weighted by molar-refractivity contribution is 9.10. The molecule has 0 N–H and O–H groups in total. The first-order chi connectivity index (χ1) is 13.9.